The molecule has 0 radical (unpaired) electrons. The molecule has 5 saturated carbocycles. The van der Waals surface area contributed by atoms with E-state index in [1.165, 1.54) is 38.5 Å². The van der Waals surface area contributed by atoms with E-state index in [1.54, 1.807) is 0 Å². The molecule has 1 unspecified atom stereocenters. The molecule has 0 amide bonds. The summed E-state index contributed by atoms with van der Waals surface area (Å²) < 4.78 is 6.18. The molecule has 5 aliphatic carbocycles. The summed E-state index contributed by atoms with van der Waals surface area (Å²) in [5.41, 5.74) is -0.0770. The first-order valence-electron chi connectivity index (χ1n) is 9.79. The van der Waals surface area contributed by atoms with Gasteiger partial charge in [0.25, 0.3) is 0 Å². The third-order valence-electron chi connectivity index (χ3n) is 7.39. The van der Waals surface area contributed by atoms with Gasteiger partial charge < -0.3 is 4.74 Å². The predicted molar refractivity (Wildman–Crippen MR) is 87.3 cm³/mol. The van der Waals surface area contributed by atoms with Crippen LogP contribution >= 0.6 is 0 Å². The molecular formula is C20H32O2. The summed E-state index contributed by atoms with van der Waals surface area (Å²) >= 11 is 0. The summed E-state index contributed by atoms with van der Waals surface area (Å²) in [4.78, 5) is 13.1. The third kappa shape index (κ3) is 2.51. The number of hydrogen-bond donors (Lipinski definition) is 0. The molecule has 0 saturated heterocycles. The lowest BCUT2D eigenvalue weighted by Gasteiger charge is -2.55. The van der Waals surface area contributed by atoms with Crippen LogP contribution in [0, 0.1) is 35.0 Å². The Morgan fingerprint density at radius 2 is 1.64 bits per heavy atom. The molecule has 5 rings (SSSR count). The molecule has 0 aromatic heterocycles. The molecule has 124 valence electrons. The lowest BCUT2D eigenvalue weighted by molar-refractivity contribution is -0.179. The van der Waals surface area contributed by atoms with E-state index in [4.69, 9.17) is 4.74 Å². The molecule has 0 aliphatic heterocycles. The number of esters is 1. The largest absolute Gasteiger partial charge is 0.462 e. The number of ether oxygens (including phenoxy) is 1. The Balaban J connectivity index is 1.45. The van der Waals surface area contributed by atoms with Gasteiger partial charge in [-0.1, -0.05) is 20.3 Å². The molecule has 0 spiro atoms. The number of rotatable bonds is 4. The van der Waals surface area contributed by atoms with E-state index in [2.05, 4.69) is 13.8 Å². The standard InChI is InChI=1S/C20H32O2/c1-3-18(17-5-4-13(2)6-17)22-19(21)20-10-14-7-15(11-20)9-16(8-14)12-20/h13-18H,3-12H2,1-2H3/t13-,14?,15?,16?,17+,18?,20?/m1/s1. The van der Waals surface area contributed by atoms with Gasteiger partial charge in [0.2, 0.25) is 0 Å². The molecule has 3 atom stereocenters. The van der Waals surface area contributed by atoms with E-state index in [9.17, 15) is 4.79 Å². The summed E-state index contributed by atoms with van der Waals surface area (Å²) in [6, 6.07) is 0. The van der Waals surface area contributed by atoms with Crippen LogP contribution in [0.3, 0.4) is 0 Å². The second-order valence-corrected chi connectivity index (χ2v) is 9.23. The van der Waals surface area contributed by atoms with E-state index in [-0.39, 0.29) is 17.5 Å². The van der Waals surface area contributed by atoms with Crippen LogP contribution in [0.15, 0.2) is 0 Å². The van der Waals surface area contributed by atoms with Crippen molar-refractivity contribution >= 4 is 5.97 Å². The first-order valence-corrected chi connectivity index (χ1v) is 9.79. The van der Waals surface area contributed by atoms with Crippen LogP contribution in [0.1, 0.15) is 78.1 Å². The quantitative estimate of drug-likeness (QED) is 0.686. The fraction of sp³-hybridized carbons (Fsp3) is 0.950. The van der Waals surface area contributed by atoms with Gasteiger partial charge in [-0.3, -0.25) is 4.79 Å². The zero-order chi connectivity index (χ0) is 15.3. The number of carbonyl (C=O) groups is 1. The second-order valence-electron chi connectivity index (χ2n) is 9.23. The molecule has 0 aromatic carbocycles. The van der Waals surface area contributed by atoms with Gasteiger partial charge in [0.05, 0.1) is 5.41 Å². The van der Waals surface area contributed by atoms with Gasteiger partial charge in [-0.2, -0.15) is 0 Å². The zero-order valence-electron chi connectivity index (χ0n) is 14.4. The molecular weight excluding hydrogens is 272 g/mol. The monoisotopic (exact) mass is 304 g/mol. The number of hydrogen-bond acceptors (Lipinski definition) is 2. The van der Waals surface area contributed by atoms with Crippen LogP contribution in [0.4, 0.5) is 0 Å². The van der Waals surface area contributed by atoms with Gasteiger partial charge in [-0.25, -0.2) is 0 Å². The minimum Gasteiger partial charge on any atom is -0.462 e. The van der Waals surface area contributed by atoms with Crippen molar-refractivity contribution in [3.8, 4) is 0 Å². The van der Waals surface area contributed by atoms with E-state index < -0.39 is 0 Å². The average molecular weight is 304 g/mol. The maximum Gasteiger partial charge on any atom is 0.312 e. The Labute approximate surface area is 135 Å². The Hall–Kier alpha value is -0.530. The van der Waals surface area contributed by atoms with E-state index in [0.29, 0.717) is 5.92 Å². The van der Waals surface area contributed by atoms with Crippen LogP contribution in [-0.4, -0.2) is 12.1 Å². The Kier molecular flexibility index (Phi) is 3.77. The summed E-state index contributed by atoms with van der Waals surface area (Å²) in [6.07, 6.45) is 12.6. The van der Waals surface area contributed by atoms with Crippen molar-refractivity contribution in [2.24, 2.45) is 35.0 Å². The summed E-state index contributed by atoms with van der Waals surface area (Å²) in [6.45, 7) is 4.54. The zero-order valence-corrected chi connectivity index (χ0v) is 14.4. The Morgan fingerprint density at radius 1 is 1.05 bits per heavy atom. The van der Waals surface area contributed by atoms with Crippen LogP contribution in [0.25, 0.3) is 0 Å². The highest BCUT2D eigenvalue weighted by Gasteiger charge is 2.56. The highest BCUT2D eigenvalue weighted by molar-refractivity contribution is 5.77. The molecule has 0 aromatic rings. The van der Waals surface area contributed by atoms with Crippen LogP contribution < -0.4 is 0 Å². The molecule has 0 N–H and O–H groups in total. The highest BCUT2D eigenvalue weighted by atomic mass is 16.5. The van der Waals surface area contributed by atoms with Gasteiger partial charge in [-0.05, 0) is 87.4 Å². The lowest BCUT2D eigenvalue weighted by atomic mass is 9.49. The van der Waals surface area contributed by atoms with Crippen LogP contribution in [0.2, 0.25) is 0 Å². The lowest BCUT2D eigenvalue weighted by Crippen LogP contribution is -2.51. The third-order valence-corrected chi connectivity index (χ3v) is 7.39. The van der Waals surface area contributed by atoms with Gasteiger partial charge in [0, 0.05) is 0 Å². The van der Waals surface area contributed by atoms with Gasteiger partial charge in [0.15, 0.2) is 0 Å². The maximum atomic E-state index is 13.1. The molecule has 2 heteroatoms. The number of carbonyl (C=O) groups excluding carboxylic acids is 1. The molecule has 4 bridgehead atoms. The van der Waals surface area contributed by atoms with Crippen molar-refractivity contribution in [2.45, 2.75) is 84.2 Å². The molecule has 5 aliphatic rings. The van der Waals surface area contributed by atoms with Gasteiger partial charge in [-0.15, -0.1) is 0 Å². The maximum absolute atomic E-state index is 13.1. The van der Waals surface area contributed by atoms with Crippen LogP contribution in [-0.2, 0) is 9.53 Å². The minimum absolute atomic E-state index is 0.0770. The second kappa shape index (κ2) is 5.53. The smallest absolute Gasteiger partial charge is 0.312 e. The minimum atomic E-state index is -0.0770. The van der Waals surface area contributed by atoms with Crippen molar-refractivity contribution in [2.75, 3.05) is 0 Å². The average Bonchev–Trinajstić information content (AvgIpc) is 2.89. The highest BCUT2D eigenvalue weighted by Crippen LogP contribution is 2.60. The topological polar surface area (TPSA) is 26.3 Å². The van der Waals surface area contributed by atoms with Crippen molar-refractivity contribution in [3.05, 3.63) is 0 Å². The van der Waals surface area contributed by atoms with Crippen molar-refractivity contribution in [1.29, 1.82) is 0 Å². The van der Waals surface area contributed by atoms with E-state index in [0.717, 1.165) is 49.4 Å². The Morgan fingerprint density at radius 3 is 2.09 bits per heavy atom. The predicted octanol–water partition coefficient (Wildman–Crippen LogP) is 4.96. The Bertz CT molecular complexity index is 406. The van der Waals surface area contributed by atoms with Crippen molar-refractivity contribution in [3.63, 3.8) is 0 Å². The normalized spacial score (nSPS) is 47.6. The summed E-state index contributed by atoms with van der Waals surface area (Å²) in [5, 5.41) is 0. The molecule has 5 fully saturated rings. The molecule has 22 heavy (non-hydrogen) atoms. The van der Waals surface area contributed by atoms with Gasteiger partial charge >= 0.3 is 5.97 Å². The molecule has 2 nitrogen and oxygen atoms in total. The van der Waals surface area contributed by atoms with Crippen molar-refractivity contribution in [1.82, 2.24) is 0 Å². The van der Waals surface area contributed by atoms with E-state index in [1.807, 2.05) is 0 Å². The fourth-order valence-electron chi connectivity index (χ4n) is 6.72. The fourth-order valence-corrected chi connectivity index (χ4v) is 6.72. The SMILES string of the molecule is CCC(OC(=O)C12CC3CC(CC(C3)C1)C2)[C@H]1CC[C@@H](C)C1. The summed E-state index contributed by atoms with van der Waals surface area (Å²) in [5.74, 6) is 4.11. The van der Waals surface area contributed by atoms with Crippen LogP contribution in [0.5, 0.6) is 0 Å². The molecule has 0 heterocycles. The van der Waals surface area contributed by atoms with Crippen molar-refractivity contribution < 1.29 is 9.53 Å². The van der Waals surface area contributed by atoms with Gasteiger partial charge in [0.1, 0.15) is 6.10 Å². The van der Waals surface area contributed by atoms with E-state index >= 15 is 0 Å². The first-order chi connectivity index (χ1) is 10.6. The summed E-state index contributed by atoms with van der Waals surface area (Å²) in [7, 11) is 0. The first kappa shape index (κ1) is 15.0.